The number of rotatable bonds is 0. The van der Waals surface area contributed by atoms with Crippen molar-refractivity contribution < 1.29 is 9.59 Å². The van der Waals surface area contributed by atoms with E-state index in [4.69, 9.17) is 0 Å². The number of nitrogens with one attached hydrogen (secondary N) is 1. The molecule has 1 aliphatic heterocycles. The van der Waals surface area contributed by atoms with E-state index in [-0.39, 0.29) is 23.7 Å². The van der Waals surface area contributed by atoms with Crippen molar-refractivity contribution in [2.24, 2.45) is 23.7 Å². The lowest BCUT2D eigenvalue weighted by Crippen LogP contribution is -2.25. The molecule has 0 aromatic heterocycles. The van der Waals surface area contributed by atoms with Crippen LogP contribution >= 0.6 is 0 Å². The molecule has 3 aliphatic rings. The lowest BCUT2D eigenvalue weighted by Gasteiger charge is -2.18. The lowest BCUT2D eigenvalue weighted by molar-refractivity contribution is -0.126. The minimum absolute atomic E-state index is 0.0315. The standard InChI is InChI=1S/C12H15NO2/c1-5(2)8-6-3-4-7(8)10-9(6)11(14)13-12(10)15/h6-7,9-10H,3-4H2,1-2H3,(H,13,14,15)/t6-,7+,9+,10-. The van der Waals surface area contributed by atoms with E-state index in [0.29, 0.717) is 11.8 Å². The van der Waals surface area contributed by atoms with Gasteiger partial charge in [0.2, 0.25) is 11.8 Å². The quantitative estimate of drug-likeness (QED) is 0.478. The lowest BCUT2D eigenvalue weighted by atomic mass is 9.81. The predicted molar refractivity (Wildman–Crippen MR) is 54.7 cm³/mol. The van der Waals surface area contributed by atoms with E-state index >= 15 is 0 Å². The second-order valence-corrected chi connectivity index (χ2v) is 5.15. The first-order valence-electron chi connectivity index (χ1n) is 5.63. The van der Waals surface area contributed by atoms with Gasteiger partial charge >= 0.3 is 0 Å². The molecule has 80 valence electrons. The van der Waals surface area contributed by atoms with Crippen LogP contribution in [0, 0.1) is 23.7 Å². The first kappa shape index (κ1) is 9.13. The van der Waals surface area contributed by atoms with Crippen LogP contribution in [0.1, 0.15) is 26.7 Å². The molecule has 1 saturated heterocycles. The molecule has 1 N–H and O–H groups in total. The molecule has 3 heteroatoms. The molecule has 2 amide bonds. The Kier molecular flexibility index (Phi) is 1.65. The Balaban J connectivity index is 2.10. The minimum Gasteiger partial charge on any atom is -0.296 e. The van der Waals surface area contributed by atoms with Crippen LogP contribution in [0.25, 0.3) is 0 Å². The van der Waals surface area contributed by atoms with Crippen molar-refractivity contribution in [1.29, 1.82) is 0 Å². The third-order valence-corrected chi connectivity index (χ3v) is 4.27. The van der Waals surface area contributed by atoms with Crippen LogP contribution in [0.15, 0.2) is 11.1 Å². The Morgan fingerprint density at radius 3 is 1.93 bits per heavy atom. The van der Waals surface area contributed by atoms with Gasteiger partial charge in [0.05, 0.1) is 11.8 Å². The van der Waals surface area contributed by atoms with Gasteiger partial charge in [-0.3, -0.25) is 14.9 Å². The molecule has 2 aliphatic carbocycles. The number of imide groups is 1. The monoisotopic (exact) mass is 205 g/mol. The Labute approximate surface area is 88.9 Å². The Bertz CT molecular complexity index is 362. The van der Waals surface area contributed by atoms with Gasteiger partial charge in [-0.2, -0.15) is 0 Å². The summed E-state index contributed by atoms with van der Waals surface area (Å²) in [5, 5.41) is 2.48. The summed E-state index contributed by atoms with van der Waals surface area (Å²) in [7, 11) is 0. The maximum absolute atomic E-state index is 11.7. The van der Waals surface area contributed by atoms with Gasteiger partial charge in [0.1, 0.15) is 0 Å². The smallest absolute Gasteiger partial charge is 0.231 e. The van der Waals surface area contributed by atoms with Crippen molar-refractivity contribution in [2.75, 3.05) is 0 Å². The molecule has 3 fully saturated rings. The van der Waals surface area contributed by atoms with Crippen LogP contribution in [0.2, 0.25) is 0 Å². The predicted octanol–water partition coefficient (Wildman–Crippen LogP) is 1.25. The molecule has 15 heavy (non-hydrogen) atoms. The highest BCUT2D eigenvalue weighted by Crippen LogP contribution is 2.58. The minimum atomic E-state index is -0.0406. The maximum atomic E-state index is 11.7. The number of carbonyl (C=O) groups is 2. The van der Waals surface area contributed by atoms with Crippen molar-refractivity contribution in [3.63, 3.8) is 0 Å². The molecule has 0 unspecified atom stereocenters. The van der Waals surface area contributed by atoms with Gasteiger partial charge < -0.3 is 0 Å². The van der Waals surface area contributed by atoms with E-state index < -0.39 is 0 Å². The van der Waals surface area contributed by atoms with Crippen LogP contribution in [0.5, 0.6) is 0 Å². The van der Waals surface area contributed by atoms with Gasteiger partial charge in [-0.1, -0.05) is 11.1 Å². The van der Waals surface area contributed by atoms with Crippen LogP contribution in [0.4, 0.5) is 0 Å². The normalized spacial score (nSPS) is 42.1. The first-order valence-corrected chi connectivity index (χ1v) is 5.63. The highest BCUT2D eigenvalue weighted by Gasteiger charge is 2.60. The molecule has 4 atom stereocenters. The second-order valence-electron chi connectivity index (χ2n) is 5.15. The Morgan fingerprint density at radius 1 is 1.07 bits per heavy atom. The molecule has 0 aromatic carbocycles. The van der Waals surface area contributed by atoms with Crippen molar-refractivity contribution in [3.05, 3.63) is 11.1 Å². The van der Waals surface area contributed by atoms with Crippen molar-refractivity contribution in [1.82, 2.24) is 5.32 Å². The third kappa shape index (κ3) is 0.959. The molecule has 2 saturated carbocycles. The third-order valence-electron chi connectivity index (χ3n) is 4.27. The van der Waals surface area contributed by atoms with E-state index in [2.05, 4.69) is 19.2 Å². The fraction of sp³-hybridized carbons (Fsp3) is 0.667. The summed E-state index contributed by atoms with van der Waals surface area (Å²) >= 11 is 0. The zero-order valence-electron chi connectivity index (χ0n) is 9.04. The van der Waals surface area contributed by atoms with Gasteiger partial charge in [0.15, 0.2) is 0 Å². The fourth-order valence-corrected chi connectivity index (χ4v) is 3.91. The number of hydrogen-bond donors (Lipinski definition) is 1. The summed E-state index contributed by atoms with van der Waals surface area (Å²) in [6.07, 6.45) is 2.18. The number of fused-ring (bicyclic) bond motifs is 5. The van der Waals surface area contributed by atoms with Gasteiger partial charge in [-0.25, -0.2) is 0 Å². The SMILES string of the molecule is CC(C)=C1[C@H]2CC[C@@H]1[C@H]1C(=O)NC(=O)[C@H]12. The summed E-state index contributed by atoms with van der Waals surface area (Å²) in [5.41, 5.74) is 2.73. The first-order chi connectivity index (χ1) is 7.11. The fourth-order valence-electron chi connectivity index (χ4n) is 3.91. The highest BCUT2D eigenvalue weighted by atomic mass is 16.2. The van der Waals surface area contributed by atoms with Gasteiger partial charge in [-0.15, -0.1) is 0 Å². The molecular formula is C12H15NO2. The van der Waals surface area contributed by atoms with Crippen LogP contribution in [-0.2, 0) is 9.59 Å². The van der Waals surface area contributed by atoms with E-state index in [0.717, 1.165) is 12.8 Å². The molecule has 0 radical (unpaired) electrons. The Morgan fingerprint density at radius 2 is 1.53 bits per heavy atom. The number of carbonyl (C=O) groups excluding carboxylic acids is 2. The van der Waals surface area contributed by atoms with Crippen LogP contribution < -0.4 is 5.32 Å². The number of allylic oxidation sites excluding steroid dienone is 2. The van der Waals surface area contributed by atoms with Crippen molar-refractivity contribution in [3.8, 4) is 0 Å². The average molecular weight is 205 g/mol. The van der Waals surface area contributed by atoms with E-state index in [1.807, 2.05) is 0 Å². The molecular weight excluding hydrogens is 190 g/mol. The number of amides is 2. The average Bonchev–Trinajstić information content (AvgIpc) is 2.77. The topological polar surface area (TPSA) is 46.2 Å². The zero-order valence-corrected chi connectivity index (χ0v) is 9.04. The van der Waals surface area contributed by atoms with E-state index in [9.17, 15) is 9.59 Å². The summed E-state index contributed by atoms with van der Waals surface area (Å²) in [6, 6.07) is 0. The van der Waals surface area contributed by atoms with Gasteiger partial charge in [0, 0.05) is 0 Å². The van der Waals surface area contributed by atoms with Crippen molar-refractivity contribution in [2.45, 2.75) is 26.7 Å². The van der Waals surface area contributed by atoms with Crippen LogP contribution in [0.3, 0.4) is 0 Å². The zero-order chi connectivity index (χ0) is 10.7. The maximum Gasteiger partial charge on any atom is 0.231 e. The number of hydrogen-bond acceptors (Lipinski definition) is 2. The largest absolute Gasteiger partial charge is 0.296 e. The second kappa shape index (κ2) is 2.71. The highest BCUT2D eigenvalue weighted by molar-refractivity contribution is 6.06. The van der Waals surface area contributed by atoms with Gasteiger partial charge in [0.25, 0.3) is 0 Å². The van der Waals surface area contributed by atoms with E-state index in [1.165, 1.54) is 11.1 Å². The van der Waals surface area contributed by atoms with Gasteiger partial charge in [-0.05, 0) is 38.5 Å². The molecule has 1 heterocycles. The Hall–Kier alpha value is -1.12. The summed E-state index contributed by atoms with van der Waals surface area (Å²) in [6.45, 7) is 4.20. The molecule has 3 rings (SSSR count). The van der Waals surface area contributed by atoms with Crippen molar-refractivity contribution >= 4 is 11.8 Å². The summed E-state index contributed by atoms with van der Waals surface area (Å²) in [4.78, 5) is 23.3. The molecule has 0 spiro atoms. The molecule has 2 bridgehead atoms. The molecule has 0 aromatic rings. The summed E-state index contributed by atoms with van der Waals surface area (Å²) in [5.74, 6) is 0.571. The molecule has 3 nitrogen and oxygen atoms in total. The summed E-state index contributed by atoms with van der Waals surface area (Å²) < 4.78 is 0. The van der Waals surface area contributed by atoms with Crippen LogP contribution in [-0.4, -0.2) is 11.8 Å². The van der Waals surface area contributed by atoms with E-state index in [1.54, 1.807) is 0 Å².